The van der Waals surface area contributed by atoms with Crippen LogP contribution in [0.15, 0.2) is 30.6 Å². The number of benzene rings is 1. The van der Waals surface area contributed by atoms with E-state index in [0.29, 0.717) is 28.9 Å². The molecule has 2 amide bonds. The van der Waals surface area contributed by atoms with Crippen LogP contribution in [0, 0.1) is 5.92 Å². The summed E-state index contributed by atoms with van der Waals surface area (Å²) in [5.41, 5.74) is 0.517. The highest BCUT2D eigenvalue weighted by molar-refractivity contribution is 6.32. The molecule has 6 nitrogen and oxygen atoms in total. The molecule has 1 aromatic heterocycles. The number of para-hydroxylation sites is 1. The van der Waals surface area contributed by atoms with Crippen LogP contribution in [0.5, 0.6) is 5.75 Å². The van der Waals surface area contributed by atoms with Crippen LogP contribution in [-0.2, 0) is 13.1 Å². The van der Waals surface area contributed by atoms with E-state index in [1.165, 1.54) is 7.11 Å². The molecular weight excluding hydrogens is 316 g/mol. The smallest absolute Gasteiger partial charge is 0.319 e. The first kappa shape index (κ1) is 17.1. The Labute approximate surface area is 140 Å². The second-order valence-corrected chi connectivity index (χ2v) is 5.93. The van der Waals surface area contributed by atoms with Crippen molar-refractivity contribution in [2.45, 2.75) is 26.9 Å². The van der Waals surface area contributed by atoms with Gasteiger partial charge in [-0.1, -0.05) is 31.5 Å². The average molecular weight is 337 g/mol. The molecule has 1 aromatic carbocycles. The molecule has 23 heavy (non-hydrogen) atoms. The highest BCUT2D eigenvalue weighted by Gasteiger charge is 2.11. The number of ether oxygens (including phenoxy) is 1. The number of hydrogen-bond acceptors (Lipinski definition) is 3. The van der Waals surface area contributed by atoms with E-state index in [1.807, 2.05) is 10.8 Å². The number of aromatic nitrogens is 2. The van der Waals surface area contributed by atoms with Crippen LogP contribution in [0.3, 0.4) is 0 Å². The third-order valence-corrected chi connectivity index (χ3v) is 3.49. The van der Waals surface area contributed by atoms with Crippen LogP contribution in [0.2, 0.25) is 5.02 Å². The van der Waals surface area contributed by atoms with Crippen molar-refractivity contribution in [3.63, 3.8) is 0 Å². The molecule has 0 atom stereocenters. The van der Waals surface area contributed by atoms with Gasteiger partial charge in [0.25, 0.3) is 0 Å². The molecule has 1 heterocycles. The summed E-state index contributed by atoms with van der Waals surface area (Å²) in [7, 11) is 1.51. The molecule has 0 saturated carbocycles. The molecule has 0 radical (unpaired) electrons. The maximum Gasteiger partial charge on any atom is 0.319 e. The van der Waals surface area contributed by atoms with E-state index >= 15 is 0 Å². The van der Waals surface area contributed by atoms with Crippen molar-refractivity contribution >= 4 is 23.3 Å². The summed E-state index contributed by atoms with van der Waals surface area (Å²) in [6.07, 6.45) is 3.65. The van der Waals surface area contributed by atoms with Gasteiger partial charge in [0.05, 0.1) is 24.4 Å². The van der Waals surface area contributed by atoms with E-state index in [0.717, 1.165) is 12.4 Å². The van der Waals surface area contributed by atoms with Gasteiger partial charge in [0.2, 0.25) is 0 Å². The lowest BCUT2D eigenvalue weighted by atomic mass is 10.2. The minimum Gasteiger partial charge on any atom is -0.493 e. The van der Waals surface area contributed by atoms with Crippen LogP contribution in [0.1, 0.15) is 19.7 Å². The van der Waals surface area contributed by atoms with Crippen molar-refractivity contribution in [1.82, 2.24) is 14.9 Å². The first-order chi connectivity index (χ1) is 11.0. The molecule has 0 saturated heterocycles. The number of imidazole rings is 1. The Bertz CT molecular complexity index is 670. The number of hydrogen-bond donors (Lipinski definition) is 2. The van der Waals surface area contributed by atoms with Gasteiger partial charge in [-0.05, 0) is 18.1 Å². The maximum absolute atomic E-state index is 12.1. The third kappa shape index (κ3) is 4.63. The van der Waals surface area contributed by atoms with Crippen LogP contribution in [0.25, 0.3) is 0 Å². The number of amides is 2. The summed E-state index contributed by atoms with van der Waals surface area (Å²) in [6.45, 7) is 5.47. The molecule has 0 aliphatic heterocycles. The Morgan fingerprint density at radius 3 is 2.91 bits per heavy atom. The Kier molecular flexibility index (Phi) is 5.87. The fraction of sp³-hybridized carbons (Fsp3) is 0.375. The van der Waals surface area contributed by atoms with Gasteiger partial charge in [-0.2, -0.15) is 0 Å². The molecule has 2 rings (SSSR count). The van der Waals surface area contributed by atoms with Crippen molar-refractivity contribution < 1.29 is 9.53 Å². The van der Waals surface area contributed by atoms with E-state index in [1.54, 1.807) is 24.4 Å². The summed E-state index contributed by atoms with van der Waals surface area (Å²) in [5, 5.41) is 5.96. The first-order valence-electron chi connectivity index (χ1n) is 7.38. The number of rotatable bonds is 6. The summed E-state index contributed by atoms with van der Waals surface area (Å²) in [4.78, 5) is 16.3. The second-order valence-electron chi connectivity index (χ2n) is 5.52. The molecule has 0 bridgehead atoms. The Morgan fingerprint density at radius 2 is 2.22 bits per heavy atom. The van der Waals surface area contributed by atoms with Gasteiger partial charge in [-0.25, -0.2) is 9.78 Å². The largest absolute Gasteiger partial charge is 0.493 e. The molecule has 0 aliphatic rings. The summed E-state index contributed by atoms with van der Waals surface area (Å²) < 4.78 is 7.23. The Hall–Kier alpha value is -2.21. The van der Waals surface area contributed by atoms with E-state index in [9.17, 15) is 4.79 Å². The van der Waals surface area contributed by atoms with Crippen molar-refractivity contribution in [2.75, 3.05) is 12.4 Å². The number of anilines is 1. The lowest BCUT2D eigenvalue weighted by Crippen LogP contribution is -2.29. The van der Waals surface area contributed by atoms with Crippen LogP contribution < -0.4 is 15.4 Å². The van der Waals surface area contributed by atoms with Crippen molar-refractivity contribution in [3.8, 4) is 5.75 Å². The van der Waals surface area contributed by atoms with Gasteiger partial charge in [0.15, 0.2) is 5.75 Å². The van der Waals surface area contributed by atoms with Crippen molar-refractivity contribution in [2.24, 2.45) is 5.92 Å². The maximum atomic E-state index is 12.1. The summed E-state index contributed by atoms with van der Waals surface area (Å²) >= 11 is 6.03. The van der Waals surface area contributed by atoms with Gasteiger partial charge >= 0.3 is 6.03 Å². The fourth-order valence-corrected chi connectivity index (χ4v) is 2.46. The van der Waals surface area contributed by atoms with Crippen molar-refractivity contribution in [3.05, 3.63) is 41.4 Å². The highest BCUT2D eigenvalue weighted by atomic mass is 35.5. The van der Waals surface area contributed by atoms with Gasteiger partial charge in [-0.3, -0.25) is 0 Å². The van der Waals surface area contributed by atoms with E-state index < -0.39 is 0 Å². The van der Waals surface area contributed by atoms with E-state index in [2.05, 4.69) is 29.5 Å². The van der Waals surface area contributed by atoms with E-state index in [-0.39, 0.29) is 6.03 Å². The predicted octanol–water partition coefficient (Wildman–Crippen LogP) is 3.52. The van der Waals surface area contributed by atoms with Gasteiger partial charge in [0.1, 0.15) is 5.82 Å². The molecule has 2 N–H and O–H groups in total. The first-order valence-corrected chi connectivity index (χ1v) is 7.76. The zero-order valence-electron chi connectivity index (χ0n) is 13.5. The zero-order chi connectivity index (χ0) is 16.8. The van der Waals surface area contributed by atoms with Gasteiger partial charge in [0, 0.05) is 18.9 Å². The second kappa shape index (κ2) is 7.87. The fourth-order valence-electron chi connectivity index (χ4n) is 2.21. The van der Waals surface area contributed by atoms with Crippen molar-refractivity contribution in [1.29, 1.82) is 0 Å². The highest BCUT2D eigenvalue weighted by Crippen LogP contribution is 2.32. The Balaban J connectivity index is 1.96. The van der Waals surface area contributed by atoms with Crippen LogP contribution >= 0.6 is 11.6 Å². The SMILES string of the molecule is COc1c(Cl)cccc1NC(=O)NCc1nccn1CC(C)C. The van der Waals surface area contributed by atoms with Gasteiger partial charge < -0.3 is 19.9 Å². The Morgan fingerprint density at radius 1 is 1.43 bits per heavy atom. The monoisotopic (exact) mass is 336 g/mol. The minimum absolute atomic E-state index is 0.342. The zero-order valence-corrected chi connectivity index (χ0v) is 14.2. The minimum atomic E-state index is -0.343. The number of nitrogens with zero attached hydrogens (tertiary/aromatic N) is 2. The predicted molar refractivity (Wildman–Crippen MR) is 90.9 cm³/mol. The molecule has 0 unspecified atom stereocenters. The van der Waals surface area contributed by atoms with Gasteiger partial charge in [-0.15, -0.1) is 0 Å². The molecule has 124 valence electrons. The number of nitrogens with one attached hydrogen (secondary N) is 2. The third-order valence-electron chi connectivity index (χ3n) is 3.19. The number of halogens is 1. The number of carbonyl (C=O) groups is 1. The normalized spacial score (nSPS) is 10.7. The van der Waals surface area contributed by atoms with Crippen LogP contribution in [0.4, 0.5) is 10.5 Å². The molecular formula is C16H21ClN4O2. The van der Waals surface area contributed by atoms with E-state index in [4.69, 9.17) is 16.3 Å². The molecule has 0 aliphatic carbocycles. The number of carbonyl (C=O) groups excluding carboxylic acids is 1. The molecule has 2 aromatic rings. The lowest BCUT2D eigenvalue weighted by molar-refractivity contribution is 0.251. The number of methoxy groups -OCH3 is 1. The number of urea groups is 1. The lowest BCUT2D eigenvalue weighted by Gasteiger charge is -2.13. The molecule has 0 spiro atoms. The average Bonchev–Trinajstić information content (AvgIpc) is 2.92. The summed E-state index contributed by atoms with van der Waals surface area (Å²) in [6, 6.07) is 4.83. The van der Waals surface area contributed by atoms with Crippen LogP contribution in [-0.4, -0.2) is 22.7 Å². The standard InChI is InChI=1S/C16H21ClN4O2/c1-11(2)10-21-8-7-18-14(21)9-19-16(22)20-13-6-4-5-12(17)15(13)23-3/h4-8,11H,9-10H2,1-3H3,(H2,19,20,22). The summed E-state index contributed by atoms with van der Waals surface area (Å²) in [5.74, 6) is 1.75. The topological polar surface area (TPSA) is 68.2 Å². The quantitative estimate of drug-likeness (QED) is 0.848. The molecule has 7 heteroatoms. The molecule has 0 fully saturated rings.